The maximum Gasteiger partial charge on any atom is 0.130 e. The van der Waals surface area contributed by atoms with E-state index in [-0.39, 0.29) is 18.5 Å². The predicted octanol–water partition coefficient (Wildman–Crippen LogP) is 4.27. The number of aliphatic hydroxyl groups excluding tert-OH is 1. The Hall–Kier alpha value is -3.56. The van der Waals surface area contributed by atoms with Crippen LogP contribution >= 0.6 is 0 Å². The smallest absolute Gasteiger partial charge is 0.130 e. The number of amidine groups is 1. The van der Waals surface area contributed by atoms with Gasteiger partial charge < -0.3 is 24.6 Å². The van der Waals surface area contributed by atoms with Crippen molar-refractivity contribution in [2.24, 2.45) is 5.92 Å². The van der Waals surface area contributed by atoms with Gasteiger partial charge in [-0.1, -0.05) is 18.2 Å². The lowest BCUT2D eigenvalue weighted by Gasteiger charge is -2.36. The van der Waals surface area contributed by atoms with Crippen LogP contribution in [0.25, 0.3) is 17.5 Å². The van der Waals surface area contributed by atoms with Crippen LogP contribution in [0.15, 0.2) is 54.7 Å². The van der Waals surface area contributed by atoms with E-state index in [2.05, 4.69) is 14.9 Å². The summed E-state index contributed by atoms with van der Waals surface area (Å²) in [6, 6.07) is 12.3. The van der Waals surface area contributed by atoms with Crippen molar-refractivity contribution in [1.82, 2.24) is 19.9 Å². The number of hydrogen-bond donors (Lipinski definition) is 3. The van der Waals surface area contributed by atoms with E-state index in [1.165, 1.54) is 12.1 Å². The van der Waals surface area contributed by atoms with Crippen molar-refractivity contribution in [2.75, 3.05) is 44.4 Å². The fourth-order valence-corrected chi connectivity index (χ4v) is 5.07. The Morgan fingerprint density at radius 3 is 2.84 bits per heavy atom. The van der Waals surface area contributed by atoms with E-state index in [0.29, 0.717) is 37.3 Å². The van der Waals surface area contributed by atoms with E-state index >= 15 is 0 Å². The van der Waals surface area contributed by atoms with E-state index in [1.807, 2.05) is 29.2 Å². The third-order valence-corrected chi connectivity index (χ3v) is 7.15. The van der Waals surface area contributed by atoms with Crippen LogP contribution in [0.2, 0.25) is 0 Å². The number of rotatable bonds is 7. The highest BCUT2D eigenvalue weighted by Gasteiger charge is 2.26. The summed E-state index contributed by atoms with van der Waals surface area (Å²) in [5.74, 6) is 2.19. The number of nitrogens with zero attached hydrogens (tertiary/aromatic N) is 4. The highest BCUT2D eigenvalue weighted by molar-refractivity contribution is 5.94. The van der Waals surface area contributed by atoms with Crippen LogP contribution in [0.1, 0.15) is 36.7 Å². The SMILES string of the molecule is N=C(C=Cc1ncc(-c2cccc(N3CCC(CCO)CC3)n2)[nH]1)N1CCOCC1c1cccc(F)c1. The minimum absolute atomic E-state index is 0.214. The summed E-state index contributed by atoms with van der Waals surface area (Å²) in [5, 5.41) is 17.8. The van der Waals surface area contributed by atoms with Crippen LogP contribution in [0.4, 0.5) is 10.2 Å². The zero-order valence-electron chi connectivity index (χ0n) is 20.8. The van der Waals surface area contributed by atoms with Crippen molar-refractivity contribution in [3.8, 4) is 11.4 Å². The van der Waals surface area contributed by atoms with Crippen LogP contribution in [0, 0.1) is 17.1 Å². The predicted molar refractivity (Wildman–Crippen MR) is 142 cm³/mol. The normalized spacial score (nSPS) is 19.0. The maximum atomic E-state index is 13.8. The lowest BCUT2D eigenvalue weighted by atomic mass is 9.94. The molecule has 0 saturated carbocycles. The van der Waals surface area contributed by atoms with E-state index in [1.54, 1.807) is 24.4 Å². The molecule has 5 rings (SSSR count). The van der Waals surface area contributed by atoms with Crippen LogP contribution in [0.3, 0.4) is 0 Å². The average molecular weight is 505 g/mol. The Kier molecular flexibility index (Phi) is 7.91. The van der Waals surface area contributed by atoms with Crippen LogP contribution in [0.5, 0.6) is 0 Å². The van der Waals surface area contributed by atoms with Crippen LogP contribution in [-0.2, 0) is 4.74 Å². The number of morpholine rings is 1. The number of aromatic nitrogens is 3. The summed E-state index contributed by atoms with van der Waals surface area (Å²) in [6.07, 6.45) is 8.26. The molecule has 2 fully saturated rings. The summed E-state index contributed by atoms with van der Waals surface area (Å²) < 4.78 is 19.4. The number of imidazole rings is 1. The van der Waals surface area contributed by atoms with E-state index in [4.69, 9.17) is 15.1 Å². The van der Waals surface area contributed by atoms with Gasteiger partial charge in [0.2, 0.25) is 0 Å². The lowest BCUT2D eigenvalue weighted by Crippen LogP contribution is -2.42. The second-order valence-electron chi connectivity index (χ2n) is 9.56. The molecule has 1 unspecified atom stereocenters. The zero-order chi connectivity index (χ0) is 25.6. The highest BCUT2D eigenvalue weighted by atomic mass is 19.1. The van der Waals surface area contributed by atoms with Gasteiger partial charge in [-0.2, -0.15) is 0 Å². The van der Waals surface area contributed by atoms with Gasteiger partial charge in [0.25, 0.3) is 0 Å². The minimum Gasteiger partial charge on any atom is -0.396 e. The van der Waals surface area contributed by atoms with Crippen molar-refractivity contribution in [2.45, 2.75) is 25.3 Å². The van der Waals surface area contributed by atoms with Gasteiger partial charge in [-0.3, -0.25) is 5.41 Å². The first kappa shape index (κ1) is 25.1. The number of H-pyrrole nitrogens is 1. The molecule has 0 radical (unpaired) electrons. The molecule has 4 heterocycles. The van der Waals surface area contributed by atoms with Gasteiger partial charge in [0.05, 0.1) is 36.8 Å². The molecule has 1 aromatic carbocycles. The summed E-state index contributed by atoms with van der Waals surface area (Å²) in [6.45, 7) is 3.63. The lowest BCUT2D eigenvalue weighted by molar-refractivity contribution is 0.0258. The van der Waals surface area contributed by atoms with E-state index in [9.17, 15) is 9.50 Å². The van der Waals surface area contributed by atoms with Gasteiger partial charge in [-0.25, -0.2) is 14.4 Å². The fraction of sp³-hybridized carbons (Fsp3) is 0.393. The van der Waals surface area contributed by atoms with Gasteiger partial charge in [0, 0.05) is 26.2 Å². The average Bonchev–Trinajstić information content (AvgIpc) is 3.42. The monoisotopic (exact) mass is 504 g/mol. The topological polar surface area (TPSA) is 101 Å². The number of nitrogens with one attached hydrogen (secondary N) is 2. The van der Waals surface area contributed by atoms with Gasteiger partial charge in [0.15, 0.2) is 0 Å². The van der Waals surface area contributed by atoms with Gasteiger partial charge in [-0.05, 0) is 67.2 Å². The largest absolute Gasteiger partial charge is 0.396 e. The van der Waals surface area contributed by atoms with Crippen molar-refractivity contribution >= 4 is 17.7 Å². The highest BCUT2D eigenvalue weighted by Crippen LogP contribution is 2.27. The molecule has 2 aromatic heterocycles. The molecular weight excluding hydrogens is 471 g/mol. The number of aliphatic hydroxyl groups is 1. The Bertz CT molecular complexity index is 1240. The van der Waals surface area contributed by atoms with E-state index < -0.39 is 0 Å². The molecule has 3 aromatic rings. The number of halogens is 1. The third-order valence-electron chi connectivity index (χ3n) is 7.15. The van der Waals surface area contributed by atoms with Gasteiger partial charge in [-0.15, -0.1) is 0 Å². The first-order valence-corrected chi connectivity index (χ1v) is 12.9. The molecular formula is C28H33FN6O2. The molecule has 1 atom stereocenters. The molecule has 0 bridgehead atoms. The van der Waals surface area contributed by atoms with Crippen molar-refractivity contribution in [3.63, 3.8) is 0 Å². The molecule has 8 nitrogen and oxygen atoms in total. The fourth-order valence-electron chi connectivity index (χ4n) is 5.07. The number of anilines is 1. The quantitative estimate of drug-likeness (QED) is 0.328. The molecule has 2 aliphatic heterocycles. The Morgan fingerprint density at radius 2 is 2.03 bits per heavy atom. The second kappa shape index (κ2) is 11.7. The van der Waals surface area contributed by atoms with Crippen molar-refractivity contribution in [1.29, 1.82) is 5.41 Å². The molecule has 37 heavy (non-hydrogen) atoms. The summed E-state index contributed by atoms with van der Waals surface area (Å²) >= 11 is 0. The molecule has 0 spiro atoms. The third kappa shape index (κ3) is 6.06. The standard InChI is InChI=1S/C28H33FN6O2/c29-22-4-1-3-21(17-22)25-19-37-16-14-35(25)26(30)7-8-27-31-18-24(32-27)23-5-2-6-28(33-23)34-12-9-20(10-13-34)11-15-36/h1-8,17-18,20,25,30,36H,9-16,19H2,(H,31,32). The maximum absolute atomic E-state index is 13.8. The van der Waals surface area contributed by atoms with Crippen LogP contribution < -0.4 is 4.90 Å². The van der Waals surface area contributed by atoms with Crippen molar-refractivity contribution < 1.29 is 14.2 Å². The summed E-state index contributed by atoms with van der Waals surface area (Å²) in [5.41, 5.74) is 2.42. The molecule has 2 aliphatic rings. The van der Waals surface area contributed by atoms with Crippen LogP contribution in [-0.4, -0.2) is 70.2 Å². The Balaban J connectivity index is 1.25. The molecule has 9 heteroatoms. The summed E-state index contributed by atoms with van der Waals surface area (Å²) in [7, 11) is 0. The molecule has 0 amide bonds. The van der Waals surface area contributed by atoms with Crippen molar-refractivity contribution in [3.05, 3.63) is 71.9 Å². The summed E-state index contributed by atoms with van der Waals surface area (Å²) in [4.78, 5) is 16.8. The first-order chi connectivity index (χ1) is 18.1. The zero-order valence-corrected chi connectivity index (χ0v) is 20.8. The van der Waals surface area contributed by atoms with Gasteiger partial charge in [0.1, 0.15) is 23.3 Å². The number of piperidine rings is 1. The number of aromatic amines is 1. The first-order valence-electron chi connectivity index (χ1n) is 12.9. The molecule has 194 valence electrons. The Morgan fingerprint density at radius 1 is 1.19 bits per heavy atom. The molecule has 3 N–H and O–H groups in total. The number of benzene rings is 1. The number of pyridine rings is 1. The van der Waals surface area contributed by atoms with Gasteiger partial charge >= 0.3 is 0 Å². The second-order valence-corrected chi connectivity index (χ2v) is 9.56. The molecule has 2 saturated heterocycles. The number of ether oxygens (including phenoxy) is 1. The Labute approximate surface area is 216 Å². The minimum atomic E-state index is -0.294. The molecule has 0 aliphatic carbocycles. The van der Waals surface area contributed by atoms with E-state index in [0.717, 1.165) is 55.1 Å². The number of hydrogen-bond acceptors (Lipinski definition) is 6.